The topological polar surface area (TPSA) is 83.6 Å². The third-order valence-electron chi connectivity index (χ3n) is 4.93. The van der Waals surface area contributed by atoms with Gasteiger partial charge in [0.2, 0.25) is 5.91 Å². The van der Waals surface area contributed by atoms with Gasteiger partial charge in [0, 0.05) is 23.0 Å². The molecule has 0 spiro atoms. The monoisotopic (exact) mass is 367 g/mol. The molecule has 2 N–H and O–H groups in total. The summed E-state index contributed by atoms with van der Waals surface area (Å²) in [7, 11) is 0. The van der Waals surface area contributed by atoms with E-state index in [9.17, 15) is 4.79 Å². The van der Waals surface area contributed by atoms with Gasteiger partial charge in [0.25, 0.3) is 0 Å². The molecule has 0 radical (unpaired) electrons. The molecule has 2 heterocycles. The van der Waals surface area contributed by atoms with Crippen LogP contribution < -0.4 is 5.32 Å². The quantitative estimate of drug-likeness (QED) is 0.725. The zero-order valence-electron chi connectivity index (χ0n) is 14.1. The van der Waals surface area contributed by atoms with Crippen molar-refractivity contribution in [1.29, 1.82) is 0 Å². The summed E-state index contributed by atoms with van der Waals surface area (Å²) in [4.78, 5) is 21.3. The summed E-state index contributed by atoms with van der Waals surface area (Å²) in [6.45, 7) is 0.312. The van der Waals surface area contributed by atoms with Crippen molar-refractivity contribution in [2.45, 2.75) is 31.2 Å². The minimum Gasteiger partial charge on any atom is -0.348 e. The van der Waals surface area contributed by atoms with Crippen LogP contribution in [0, 0.1) is 0 Å². The predicted molar refractivity (Wildman–Crippen MR) is 98.4 cm³/mol. The fraction of sp³-hybridized carbons (Fsp3) is 0.263. The first-order valence-corrected chi connectivity index (χ1v) is 8.91. The molecule has 1 aliphatic carbocycles. The molecule has 7 heteroatoms. The van der Waals surface area contributed by atoms with Crippen molar-refractivity contribution >= 4 is 17.5 Å². The lowest BCUT2D eigenvalue weighted by Crippen LogP contribution is -2.49. The van der Waals surface area contributed by atoms with Crippen molar-refractivity contribution < 1.29 is 4.79 Å². The van der Waals surface area contributed by atoms with Gasteiger partial charge in [-0.25, -0.2) is 4.98 Å². The third-order valence-corrected chi connectivity index (χ3v) is 5.18. The van der Waals surface area contributed by atoms with E-state index in [0.717, 1.165) is 30.4 Å². The van der Waals surface area contributed by atoms with Crippen LogP contribution in [0.3, 0.4) is 0 Å². The Hall–Kier alpha value is -2.73. The van der Waals surface area contributed by atoms with E-state index >= 15 is 0 Å². The molecule has 0 atom stereocenters. The Labute approximate surface area is 156 Å². The van der Waals surface area contributed by atoms with Crippen LogP contribution in [0.25, 0.3) is 11.4 Å². The molecule has 6 nitrogen and oxygen atoms in total. The number of amides is 1. The number of aromatic amines is 1. The molecular formula is C19H18ClN5O. The van der Waals surface area contributed by atoms with E-state index in [1.165, 1.54) is 0 Å². The number of rotatable bonds is 5. The largest absolute Gasteiger partial charge is 0.348 e. The number of halogens is 1. The maximum atomic E-state index is 12.9. The highest BCUT2D eigenvalue weighted by atomic mass is 35.5. The number of nitrogens with one attached hydrogen (secondary N) is 2. The van der Waals surface area contributed by atoms with Crippen LogP contribution in [0.5, 0.6) is 0 Å². The summed E-state index contributed by atoms with van der Waals surface area (Å²) in [5.41, 5.74) is 1.43. The fourth-order valence-corrected chi connectivity index (χ4v) is 3.41. The Kier molecular flexibility index (Phi) is 4.42. The van der Waals surface area contributed by atoms with E-state index in [1.807, 2.05) is 36.4 Å². The number of pyridine rings is 1. The number of hydrogen-bond acceptors (Lipinski definition) is 4. The molecule has 0 saturated heterocycles. The average Bonchev–Trinajstić information content (AvgIpc) is 3.10. The van der Waals surface area contributed by atoms with Crippen LogP contribution in [0.1, 0.15) is 30.7 Å². The number of carbonyl (C=O) groups is 1. The summed E-state index contributed by atoms with van der Waals surface area (Å²) >= 11 is 5.97. The molecule has 0 unspecified atom stereocenters. The van der Waals surface area contributed by atoms with Crippen molar-refractivity contribution in [1.82, 2.24) is 25.5 Å². The highest BCUT2D eigenvalue weighted by Crippen LogP contribution is 2.44. The summed E-state index contributed by atoms with van der Waals surface area (Å²) in [6, 6.07) is 11.2. The van der Waals surface area contributed by atoms with Crippen molar-refractivity contribution in [3.05, 3.63) is 65.2 Å². The van der Waals surface area contributed by atoms with Gasteiger partial charge in [0.05, 0.1) is 12.0 Å². The molecule has 1 amide bonds. The van der Waals surface area contributed by atoms with E-state index in [1.54, 1.807) is 12.4 Å². The second kappa shape index (κ2) is 6.88. The minimum absolute atomic E-state index is 0.0212. The van der Waals surface area contributed by atoms with Crippen molar-refractivity contribution in [2.24, 2.45) is 0 Å². The number of benzene rings is 1. The molecule has 132 valence electrons. The molecule has 26 heavy (non-hydrogen) atoms. The first kappa shape index (κ1) is 16.7. The molecule has 2 aromatic heterocycles. The molecule has 1 fully saturated rings. The molecule has 1 saturated carbocycles. The maximum absolute atomic E-state index is 12.9. The molecule has 1 aromatic carbocycles. The first-order chi connectivity index (χ1) is 12.7. The van der Waals surface area contributed by atoms with Gasteiger partial charge in [-0.2, -0.15) is 5.10 Å². The van der Waals surface area contributed by atoms with Gasteiger partial charge in [-0.1, -0.05) is 30.2 Å². The average molecular weight is 368 g/mol. The second-order valence-corrected chi connectivity index (χ2v) is 6.90. The second-order valence-electron chi connectivity index (χ2n) is 6.47. The number of aromatic nitrogens is 4. The number of hydrogen-bond donors (Lipinski definition) is 2. The Morgan fingerprint density at radius 3 is 2.54 bits per heavy atom. The van der Waals surface area contributed by atoms with Gasteiger partial charge < -0.3 is 5.32 Å². The molecule has 1 aliphatic rings. The Morgan fingerprint density at radius 1 is 1.15 bits per heavy atom. The Bertz CT molecular complexity index is 903. The highest BCUT2D eigenvalue weighted by Gasteiger charge is 2.45. The smallest absolute Gasteiger partial charge is 0.231 e. The lowest BCUT2D eigenvalue weighted by molar-refractivity contribution is -0.130. The summed E-state index contributed by atoms with van der Waals surface area (Å²) in [5, 5.41) is 10.8. The fourth-order valence-electron chi connectivity index (χ4n) is 3.28. The standard InChI is InChI=1S/C19H18ClN5O/c20-15-4-2-14(3-5-15)19(8-1-9-19)18(26)22-12-16-23-17(25-24-16)13-6-10-21-11-7-13/h2-7,10-11H,1,8-9,12H2,(H,22,26)(H,23,24,25). The summed E-state index contributed by atoms with van der Waals surface area (Å²) < 4.78 is 0. The van der Waals surface area contributed by atoms with Crippen molar-refractivity contribution in [3.63, 3.8) is 0 Å². The van der Waals surface area contributed by atoms with Crippen LogP contribution in [0.15, 0.2) is 48.8 Å². The molecule has 0 bridgehead atoms. The predicted octanol–water partition coefficient (Wildman–Crippen LogP) is 3.26. The molecule has 0 aliphatic heterocycles. The summed E-state index contributed by atoms with van der Waals surface area (Å²) in [6.07, 6.45) is 6.13. The highest BCUT2D eigenvalue weighted by molar-refractivity contribution is 6.30. The minimum atomic E-state index is -0.460. The van der Waals surface area contributed by atoms with Crippen LogP contribution >= 0.6 is 11.6 Å². The van der Waals surface area contributed by atoms with Crippen molar-refractivity contribution in [2.75, 3.05) is 0 Å². The van der Waals surface area contributed by atoms with E-state index in [2.05, 4.69) is 25.5 Å². The molecular weight excluding hydrogens is 350 g/mol. The van der Waals surface area contributed by atoms with E-state index in [4.69, 9.17) is 11.6 Å². The van der Waals surface area contributed by atoms with Crippen LogP contribution in [-0.2, 0) is 16.8 Å². The number of nitrogens with zero attached hydrogens (tertiary/aromatic N) is 3. The first-order valence-electron chi connectivity index (χ1n) is 8.53. The van der Waals surface area contributed by atoms with Gasteiger partial charge in [-0.05, 0) is 42.7 Å². The van der Waals surface area contributed by atoms with Gasteiger partial charge in [0.15, 0.2) is 5.82 Å². The van der Waals surface area contributed by atoms with Gasteiger partial charge >= 0.3 is 0 Å². The van der Waals surface area contributed by atoms with E-state index in [0.29, 0.717) is 23.2 Å². The van der Waals surface area contributed by atoms with Crippen molar-refractivity contribution in [3.8, 4) is 11.4 Å². The Morgan fingerprint density at radius 2 is 1.88 bits per heavy atom. The normalized spacial score (nSPS) is 15.3. The number of H-pyrrole nitrogens is 1. The third kappa shape index (κ3) is 3.08. The number of carbonyl (C=O) groups excluding carboxylic acids is 1. The SMILES string of the molecule is O=C(NCc1nc(-c2ccncc2)n[nH]1)C1(c2ccc(Cl)cc2)CCC1. The van der Waals surface area contributed by atoms with Crippen LogP contribution in [0.4, 0.5) is 0 Å². The van der Waals surface area contributed by atoms with E-state index < -0.39 is 5.41 Å². The maximum Gasteiger partial charge on any atom is 0.231 e. The van der Waals surface area contributed by atoms with Crippen LogP contribution in [0.2, 0.25) is 5.02 Å². The van der Waals surface area contributed by atoms with Gasteiger partial charge in [-0.3, -0.25) is 14.9 Å². The zero-order valence-corrected chi connectivity index (χ0v) is 14.8. The van der Waals surface area contributed by atoms with Gasteiger partial charge in [0.1, 0.15) is 5.82 Å². The van der Waals surface area contributed by atoms with E-state index in [-0.39, 0.29) is 5.91 Å². The lowest BCUT2D eigenvalue weighted by Gasteiger charge is -2.40. The molecule has 4 rings (SSSR count). The Balaban J connectivity index is 1.45. The summed E-state index contributed by atoms with van der Waals surface area (Å²) in [5.74, 6) is 1.23. The van der Waals surface area contributed by atoms with Crippen LogP contribution in [-0.4, -0.2) is 26.1 Å². The molecule has 3 aromatic rings. The lowest BCUT2D eigenvalue weighted by atomic mass is 9.64. The zero-order chi connectivity index (χ0) is 18.0. The van der Waals surface area contributed by atoms with Gasteiger partial charge in [-0.15, -0.1) is 0 Å².